The highest BCUT2D eigenvalue weighted by atomic mass is 35.5. The number of amides is 2. The van der Waals surface area contributed by atoms with Crippen LogP contribution in [0.1, 0.15) is 32.6 Å². The second-order valence-electron chi connectivity index (χ2n) is 6.82. The standard InChI is InChI=1S/C19H27N3O4.ClH/c1-2-3-4-14(11-20)21-19(24)13-9-18(23)22(12-13)15-5-6-16-17(10-15)26-8-7-25-16;/h5-6,10,13-14H,2-4,7-9,11-12,20H2,1H3,(H,21,24);1H. The van der Waals surface area contributed by atoms with Gasteiger partial charge in [0.15, 0.2) is 11.5 Å². The molecule has 0 saturated carbocycles. The topological polar surface area (TPSA) is 93.9 Å². The van der Waals surface area contributed by atoms with E-state index in [4.69, 9.17) is 15.2 Å². The van der Waals surface area contributed by atoms with Crippen LogP contribution in [0.15, 0.2) is 18.2 Å². The lowest BCUT2D eigenvalue weighted by molar-refractivity contribution is -0.126. The van der Waals surface area contributed by atoms with Crippen molar-refractivity contribution in [3.05, 3.63) is 18.2 Å². The highest BCUT2D eigenvalue weighted by Gasteiger charge is 2.36. The van der Waals surface area contributed by atoms with Crippen LogP contribution in [0.4, 0.5) is 5.69 Å². The first-order valence-electron chi connectivity index (χ1n) is 9.32. The molecule has 1 aromatic carbocycles. The first-order chi connectivity index (χ1) is 12.6. The fourth-order valence-corrected chi connectivity index (χ4v) is 3.35. The second kappa shape index (κ2) is 9.80. The maximum Gasteiger partial charge on any atom is 0.227 e. The number of halogens is 1. The number of hydrogen-bond donors (Lipinski definition) is 2. The normalized spacial score (nSPS) is 19.4. The van der Waals surface area contributed by atoms with E-state index in [1.165, 1.54) is 0 Å². The third kappa shape index (κ3) is 5.05. The summed E-state index contributed by atoms with van der Waals surface area (Å²) in [5, 5.41) is 3.00. The molecule has 8 heteroatoms. The van der Waals surface area contributed by atoms with Gasteiger partial charge in [-0.05, 0) is 18.6 Å². The molecular formula is C19H28ClN3O4. The first-order valence-corrected chi connectivity index (χ1v) is 9.32. The van der Waals surface area contributed by atoms with E-state index >= 15 is 0 Å². The molecule has 3 rings (SSSR count). The molecule has 0 aromatic heterocycles. The summed E-state index contributed by atoms with van der Waals surface area (Å²) in [7, 11) is 0. The molecule has 1 aromatic rings. The highest BCUT2D eigenvalue weighted by molar-refractivity contribution is 6.00. The lowest BCUT2D eigenvalue weighted by Crippen LogP contribution is -2.43. The van der Waals surface area contributed by atoms with Gasteiger partial charge in [-0.25, -0.2) is 0 Å². The Kier molecular flexibility index (Phi) is 7.74. The number of nitrogens with one attached hydrogen (secondary N) is 1. The van der Waals surface area contributed by atoms with Gasteiger partial charge in [-0.1, -0.05) is 19.8 Å². The van der Waals surface area contributed by atoms with Crippen LogP contribution in [0.25, 0.3) is 0 Å². The molecule has 2 heterocycles. The van der Waals surface area contributed by atoms with E-state index in [0.29, 0.717) is 37.8 Å². The minimum atomic E-state index is -0.355. The van der Waals surface area contributed by atoms with Gasteiger partial charge in [0, 0.05) is 37.3 Å². The number of rotatable bonds is 7. The predicted molar refractivity (Wildman–Crippen MR) is 106 cm³/mol. The average molecular weight is 398 g/mol. The molecule has 150 valence electrons. The Morgan fingerprint density at radius 1 is 1.33 bits per heavy atom. The van der Waals surface area contributed by atoms with E-state index in [1.54, 1.807) is 17.0 Å². The molecule has 3 N–H and O–H groups in total. The number of benzene rings is 1. The number of nitrogens with two attached hydrogens (primary N) is 1. The number of ether oxygens (including phenoxy) is 2. The second-order valence-corrected chi connectivity index (χ2v) is 6.82. The molecule has 2 aliphatic heterocycles. The third-order valence-corrected chi connectivity index (χ3v) is 4.87. The minimum absolute atomic E-state index is 0. The third-order valence-electron chi connectivity index (χ3n) is 4.87. The fourth-order valence-electron chi connectivity index (χ4n) is 3.35. The molecule has 0 aliphatic carbocycles. The average Bonchev–Trinajstić information content (AvgIpc) is 3.06. The molecule has 27 heavy (non-hydrogen) atoms. The maximum atomic E-state index is 12.5. The number of carbonyl (C=O) groups is 2. The van der Waals surface area contributed by atoms with E-state index in [9.17, 15) is 9.59 Å². The summed E-state index contributed by atoms with van der Waals surface area (Å²) < 4.78 is 11.1. The summed E-state index contributed by atoms with van der Waals surface area (Å²) in [6.45, 7) is 3.91. The molecule has 0 bridgehead atoms. The maximum absolute atomic E-state index is 12.5. The smallest absolute Gasteiger partial charge is 0.227 e. The summed E-state index contributed by atoms with van der Waals surface area (Å²) in [4.78, 5) is 26.6. The molecule has 0 radical (unpaired) electrons. The van der Waals surface area contributed by atoms with Gasteiger partial charge in [0.2, 0.25) is 11.8 Å². The summed E-state index contributed by atoms with van der Waals surface area (Å²) in [6.07, 6.45) is 3.16. The zero-order valence-electron chi connectivity index (χ0n) is 15.6. The predicted octanol–water partition coefficient (Wildman–Crippen LogP) is 1.87. The van der Waals surface area contributed by atoms with Crippen molar-refractivity contribution in [2.45, 2.75) is 38.6 Å². The van der Waals surface area contributed by atoms with Gasteiger partial charge in [0.25, 0.3) is 0 Å². The molecule has 2 unspecified atom stereocenters. The van der Waals surface area contributed by atoms with E-state index in [2.05, 4.69) is 12.2 Å². The Morgan fingerprint density at radius 3 is 2.78 bits per heavy atom. The first kappa shape index (κ1) is 21.3. The lowest BCUT2D eigenvalue weighted by Gasteiger charge is -2.22. The molecular weight excluding hydrogens is 370 g/mol. The Morgan fingerprint density at radius 2 is 2.07 bits per heavy atom. The van der Waals surface area contributed by atoms with Crippen LogP contribution in [0.3, 0.4) is 0 Å². The van der Waals surface area contributed by atoms with Gasteiger partial charge in [-0.15, -0.1) is 12.4 Å². The molecule has 2 atom stereocenters. The van der Waals surface area contributed by atoms with Gasteiger partial charge < -0.3 is 25.4 Å². The van der Waals surface area contributed by atoms with Crippen LogP contribution in [0.2, 0.25) is 0 Å². The van der Waals surface area contributed by atoms with Crippen molar-refractivity contribution in [3.8, 4) is 11.5 Å². The van der Waals surface area contributed by atoms with E-state index < -0.39 is 0 Å². The van der Waals surface area contributed by atoms with Gasteiger partial charge in [-0.2, -0.15) is 0 Å². The van der Waals surface area contributed by atoms with Crippen molar-refractivity contribution in [1.29, 1.82) is 0 Å². The molecule has 1 saturated heterocycles. The van der Waals surface area contributed by atoms with Gasteiger partial charge >= 0.3 is 0 Å². The Bertz CT molecular complexity index is 670. The number of nitrogens with zero attached hydrogens (tertiary/aromatic N) is 1. The zero-order chi connectivity index (χ0) is 18.5. The molecule has 7 nitrogen and oxygen atoms in total. The monoisotopic (exact) mass is 397 g/mol. The van der Waals surface area contributed by atoms with Crippen molar-refractivity contribution in [1.82, 2.24) is 5.32 Å². The summed E-state index contributed by atoms with van der Waals surface area (Å²) in [6, 6.07) is 5.41. The highest BCUT2D eigenvalue weighted by Crippen LogP contribution is 2.36. The van der Waals surface area contributed by atoms with Crippen molar-refractivity contribution < 1.29 is 19.1 Å². The van der Waals surface area contributed by atoms with Crippen molar-refractivity contribution in [3.63, 3.8) is 0 Å². The van der Waals surface area contributed by atoms with Crippen molar-refractivity contribution >= 4 is 29.9 Å². The van der Waals surface area contributed by atoms with Crippen LogP contribution in [-0.4, -0.2) is 44.2 Å². The summed E-state index contributed by atoms with van der Waals surface area (Å²) in [5.74, 6) is 0.816. The van der Waals surface area contributed by atoms with Crippen molar-refractivity contribution in [2.75, 3.05) is 31.2 Å². The summed E-state index contributed by atoms with van der Waals surface area (Å²) >= 11 is 0. The lowest BCUT2D eigenvalue weighted by atomic mass is 10.1. The van der Waals surface area contributed by atoms with Crippen LogP contribution < -0.4 is 25.4 Å². The Hall–Kier alpha value is -1.99. The molecule has 1 fully saturated rings. The minimum Gasteiger partial charge on any atom is -0.486 e. The van der Waals surface area contributed by atoms with Crippen LogP contribution in [0, 0.1) is 5.92 Å². The van der Waals surface area contributed by atoms with Gasteiger partial charge in [-0.3, -0.25) is 9.59 Å². The molecule has 2 amide bonds. The zero-order valence-corrected chi connectivity index (χ0v) is 16.4. The summed E-state index contributed by atoms with van der Waals surface area (Å²) in [5.41, 5.74) is 6.49. The van der Waals surface area contributed by atoms with E-state index in [0.717, 1.165) is 24.9 Å². The Balaban J connectivity index is 0.00000261. The van der Waals surface area contributed by atoms with Crippen LogP contribution in [0.5, 0.6) is 11.5 Å². The van der Waals surface area contributed by atoms with Crippen LogP contribution >= 0.6 is 12.4 Å². The number of carbonyl (C=O) groups excluding carboxylic acids is 2. The molecule has 2 aliphatic rings. The fraction of sp³-hybridized carbons (Fsp3) is 0.579. The molecule has 0 spiro atoms. The quantitative estimate of drug-likeness (QED) is 0.732. The van der Waals surface area contributed by atoms with E-state index in [1.807, 2.05) is 6.07 Å². The van der Waals surface area contributed by atoms with Gasteiger partial charge in [0.05, 0.1) is 5.92 Å². The van der Waals surface area contributed by atoms with Crippen LogP contribution in [-0.2, 0) is 9.59 Å². The largest absolute Gasteiger partial charge is 0.486 e. The van der Waals surface area contributed by atoms with Gasteiger partial charge in [0.1, 0.15) is 13.2 Å². The van der Waals surface area contributed by atoms with E-state index in [-0.39, 0.29) is 42.6 Å². The number of hydrogen-bond acceptors (Lipinski definition) is 5. The SMILES string of the molecule is CCCCC(CN)NC(=O)C1CC(=O)N(c2ccc3c(c2)OCCO3)C1.Cl. The number of fused-ring (bicyclic) bond motifs is 1. The number of anilines is 1. The Labute approximate surface area is 166 Å². The van der Waals surface area contributed by atoms with Crippen molar-refractivity contribution in [2.24, 2.45) is 11.7 Å². The number of unbranched alkanes of at least 4 members (excludes halogenated alkanes) is 1.